The summed E-state index contributed by atoms with van der Waals surface area (Å²) in [7, 11) is 0. The van der Waals surface area contributed by atoms with Crippen LogP contribution in [0.5, 0.6) is 11.5 Å². The molecule has 0 aliphatic carbocycles. The first kappa shape index (κ1) is 25.7. The van der Waals surface area contributed by atoms with E-state index in [1.165, 1.54) is 12.5 Å². The Labute approximate surface area is 206 Å². The molecule has 0 fully saturated rings. The second kappa shape index (κ2) is 12.0. The van der Waals surface area contributed by atoms with E-state index in [1.807, 2.05) is 26.0 Å². The standard InChI is InChI=1S/C28H32N2O5/c1-4-5-6-7-8-20(3)34-27-18-26(30(32)33)24(17-25(27)29)21-11-13-22(14-12-21)28(31)35-23-15-9-19(2)10-16-23/h9-18,20H,4-8,29H2,1-3H3/t20-/m0/s1. The quantitative estimate of drug-likeness (QED) is 0.0789. The summed E-state index contributed by atoms with van der Waals surface area (Å²) in [6.07, 6.45) is 5.26. The molecule has 0 saturated carbocycles. The fraction of sp³-hybridized carbons (Fsp3) is 0.321. The van der Waals surface area contributed by atoms with Gasteiger partial charge < -0.3 is 15.2 Å². The van der Waals surface area contributed by atoms with Crippen LogP contribution in [0, 0.1) is 17.0 Å². The number of esters is 1. The first-order chi connectivity index (χ1) is 16.8. The molecule has 0 saturated heterocycles. The van der Waals surface area contributed by atoms with Crippen molar-refractivity contribution in [3.63, 3.8) is 0 Å². The highest BCUT2D eigenvalue weighted by Crippen LogP contribution is 2.38. The highest BCUT2D eigenvalue weighted by molar-refractivity contribution is 5.92. The fourth-order valence-electron chi connectivity index (χ4n) is 3.76. The van der Waals surface area contributed by atoms with Crippen LogP contribution in [0.1, 0.15) is 61.9 Å². The molecule has 0 unspecified atom stereocenters. The van der Waals surface area contributed by atoms with Gasteiger partial charge in [0.2, 0.25) is 0 Å². The van der Waals surface area contributed by atoms with Crippen LogP contribution in [0.25, 0.3) is 11.1 Å². The van der Waals surface area contributed by atoms with Crippen LogP contribution in [-0.4, -0.2) is 17.0 Å². The number of ether oxygens (including phenoxy) is 2. The van der Waals surface area contributed by atoms with Crippen LogP contribution in [0.3, 0.4) is 0 Å². The van der Waals surface area contributed by atoms with Crippen molar-refractivity contribution in [3.05, 3.63) is 81.9 Å². The van der Waals surface area contributed by atoms with Crippen LogP contribution in [0.4, 0.5) is 11.4 Å². The lowest BCUT2D eigenvalue weighted by molar-refractivity contribution is -0.384. The van der Waals surface area contributed by atoms with E-state index in [1.54, 1.807) is 42.5 Å². The summed E-state index contributed by atoms with van der Waals surface area (Å²) in [6.45, 7) is 6.05. The number of nitro groups is 1. The van der Waals surface area contributed by atoms with Crippen LogP contribution >= 0.6 is 0 Å². The van der Waals surface area contributed by atoms with Gasteiger partial charge in [0, 0.05) is 0 Å². The highest BCUT2D eigenvalue weighted by Gasteiger charge is 2.21. The number of carbonyl (C=O) groups is 1. The summed E-state index contributed by atoms with van der Waals surface area (Å²) in [5, 5.41) is 11.8. The molecule has 0 amide bonds. The Hall–Kier alpha value is -3.87. The van der Waals surface area contributed by atoms with E-state index >= 15 is 0 Å². The number of carbonyl (C=O) groups excluding carboxylic acids is 1. The second-order valence-corrected chi connectivity index (χ2v) is 8.72. The zero-order valence-corrected chi connectivity index (χ0v) is 20.5. The number of anilines is 1. The Morgan fingerprint density at radius 2 is 1.71 bits per heavy atom. The van der Waals surface area contributed by atoms with Crippen LogP contribution in [0.2, 0.25) is 0 Å². The van der Waals surface area contributed by atoms with Crippen molar-refractivity contribution < 1.29 is 19.2 Å². The molecule has 0 aliphatic heterocycles. The third-order valence-corrected chi connectivity index (χ3v) is 5.78. The summed E-state index contributed by atoms with van der Waals surface area (Å²) >= 11 is 0. The number of rotatable bonds is 11. The molecule has 0 bridgehead atoms. The average molecular weight is 477 g/mol. The number of nitrogens with zero attached hydrogens (tertiary/aromatic N) is 1. The number of hydrogen-bond acceptors (Lipinski definition) is 6. The molecular weight excluding hydrogens is 444 g/mol. The predicted molar refractivity (Wildman–Crippen MR) is 138 cm³/mol. The molecule has 0 aliphatic rings. The van der Waals surface area contributed by atoms with E-state index < -0.39 is 10.9 Å². The third-order valence-electron chi connectivity index (χ3n) is 5.78. The van der Waals surface area contributed by atoms with Gasteiger partial charge in [-0.1, -0.05) is 56.0 Å². The van der Waals surface area contributed by atoms with Crippen molar-refractivity contribution in [1.29, 1.82) is 0 Å². The normalized spacial score (nSPS) is 11.6. The smallest absolute Gasteiger partial charge is 0.343 e. The maximum absolute atomic E-state index is 12.5. The van der Waals surface area contributed by atoms with Crippen molar-refractivity contribution in [3.8, 4) is 22.6 Å². The summed E-state index contributed by atoms with van der Waals surface area (Å²) in [5.41, 5.74) is 8.74. The van der Waals surface area contributed by atoms with Crippen molar-refractivity contribution >= 4 is 17.3 Å². The minimum atomic E-state index is -0.508. The lowest BCUT2D eigenvalue weighted by Gasteiger charge is -2.17. The van der Waals surface area contributed by atoms with Gasteiger partial charge in [-0.15, -0.1) is 0 Å². The van der Waals surface area contributed by atoms with Crippen molar-refractivity contribution in [1.82, 2.24) is 0 Å². The lowest BCUT2D eigenvalue weighted by atomic mass is 10.0. The molecule has 7 heteroatoms. The summed E-state index contributed by atoms with van der Waals surface area (Å²) in [5.74, 6) is 0.246. The molecule has 0 heterocycles. The molecule has 1 atom stereocenters. The van der Waals surface area contributed by atoms with E-state index in [0.29, 0.717) is 33.9 Å². The number of nitro benzene ring substituents is 1. The van der Waals surface area contributed by atoms with Gasteiger partial charge in [-0.3, -0.25) is 10.1 Å². The molecule has 0 spiro atoms. The molecule has 3 rings (SSSR count). The van der Waals surface area contributed by atoms with Gasteiger partial charge >= 0.3 is 5.97 Å². The largest absolute Gasteiger partial charge is 0.488 e. The molecule has 7 nitrogen and oxygen atoms in total. The SMILES string of the molecule is CCCCCC[C@H](C)Oc1cc([N+](=O)[O-])c(-c2ccc(C(=O)Oc3ccc(C)cc3)cc2)cc1N. The third kappa shape index (κ3) is 7.06. The van der Waals surface area contributed by atoms with E-state index in [9.17, 15) is 14.9 Å². The topological polar surface area (TPSA) is 105 Å². The van der Waals surface area contributed by atoms with E-state index in [2.05, 4.69) is 6.92 Å². The maximum Gasteiger partial charge on any atom is 0.343 e. The number of benzene rings is 3. The average Bonchev–Trinajstić information content (AvgIpc) is 2.84. The summed E-state index contributed by atoms with van der Waals surface area (Å²) in [4.78, 5) is 23.8. The highest BCUT2D eigenvalue weighted by atomic mass is 16.6. The zero-order valence-electron chi connectivity index (χ0n) is 20.5. The van der Waals surface area contributed by atoms with E-state index in [0.717, 1.165) is 31.2 Å². The lowest BCUT2D eigenvalue weighted by Crippen LogP contribution is -2.13. The monoisotopic (exact) mass is 476 g/mol. The molecule has 184 valence electrons. The molecule has 3 aromatic rings. The van der Waals surface area contributed by atoms with Crippen LogP contribution < -0.4 is 15.2 Å². The Kier molecular flexibility index (Phi) is 8.84. The summed E-state index contributed by atoms with van der Waals surface area (Å²) in [6, 6.07) is 16.5. The Bertz CT molecular complexity index is 1160. The predicted octanol–water partition coefficient (Wildman–Crippen LogP) is 7.11. The van der Waals surface area contributed by atoms with Gasteiger partial charge in [0.15, 0.2) is 0 Å². The van der Waals surface area contributed by atoms with Crippen molar-refractivity contribution in [2.24, 2.45) is 0 Å². The van der Waals surface area contributed by atoms with Crippen LogP contribution in [0.15, 0.2) is 60.7 Å². The number of unbranched alkanes of at least 4 members (excludes halogenated alkanes) is 3. The number of aryl methyl sites for hydroxylation is 1. The van der Waals surface area contributed by atoms with Gasteiger partial charge in [0.05, 0.1) is 33.9 Å². The Morgan fingerprint density at radius 3 is 2.34 bits per heavy atom. The molecule has 0 radical (unpaired) electrons. The van der Waals surface area contributed by atoms with Gasteiger partial charge in [-0.05, 0) is 62.6 Å². The maximum atomic E-state index is 12.5. The van der Waals surface area contributed by atoms with Crippen molar-refractivity contribution in [2.45, 2.75) is 59.0 Å². The van der Waals surface area contributed by atoms with E-state index in [-0.39, 0.29) is 11.8 Å². The Morgan fingerprint density at radius 1 is 1.03 bits per heavy atom. The van der Waals surface area contributed by atoms with Crippen LogP contribution in [-0.2, 0) is 0 Å². The van der Waals surface area contributed by atoms with Gasteiger partial charge in [-0.25, -0.2) is 4.79 Å². The second-order valence-electron chi connectivity index (χ2n) is 8.72. The van der Waals surface area contributed by atoms with E-state index in [4.69, 9.17) is 15.2 Å². The van der Waals surface area contributed by atoms with Gasteiger partial charge in [-0.2, -0.15) is 0 Å². The number of nitrogen functional groups attached to an aromatic ring is 1. The van der Waals surface area contributed by atoms with Gasteiger partial charge in [0.1, 0.15) is 11.5 Å². The molecule has 2 N–H and O–H groups in total. The molecule has 35 heavy (non-hydrogen) atoms. The molecule has 3 aromatic carbocycles. The zero-order chi connectivity index (χ0) is 25.4. The van der Waals surface area contributed by atoms with Gasteiger partial charge in [0.25, 0.3) is 5.69 Å². The first-order valence-corrected chi connectivity index (χ1v) is 11.9. The molecule has 0 aromatic heterocycles. The molecular formula is C28H32N2O5. The van der Waals surface area contributed by atoms with Crippen molar-refractivity contribution in [2.75, 3.05) is 5.73 Å². The first-order valence-electron chi connectivity index (χ1n) is 11.9. The number of nitrogens with two attached hydrogens (primary N) is 1. The Balaban J connectivity index is 1.77. The summed E-state index contributed by atoms with van der Waals surface area (Å²) < 4.78 is 11.3. The number of hydrogen-bond donors (Lipinski definition) is 1. The fourth-order valence-corrected chi connectivity index (χ4v) is 3.76. The minimum Gasteiger partial charge on any atom is -0.488 e. The minimum absolute atomic E-state index is 0.0987.